The number of hydrogen-bond acceptors (Lipinski definition) is 6. The predicted octanol–water partition coefficient (Wildman–Crippen LogP) is 3.22. The minimum Gasteiger partial charge on any atom is -0.493 e. The Morgan fingerprint density at radius 1 is 1.06 bits per heavy atom. The van der Waals surface area contributed by atoms with Gasteiger partial charge in [0.25, 0.3) is 5.56 Å². The summed E-state index contributed by atoms with van der Waals surface area (Å²) in [7, 11) is 6.31. The Morgan fingerprint density at radius 2 is 1.74 bits per heavy atom. The second-order valence-electron chi connectivity index (χ2n) is 8.22. The van der Waals surface area contributed by atoms with Crippen LogP contribution in [-0.4, -0.2) is 48.1 Å². The van der Waals surface area contributed by atoms with Crippen LogP contribution in [0.2, 0.25) is 0 Å². The first-order chi connectivity index (χ1) is 16.9. The molecule has 2 aromatic carbocycles. The van der Waals surface area contributed by atoms with Crippen LogP contribution >= 0.6 is 0 Å². The molecule has 0 aliphatic rings. The SMILES string of the molecule is CC[C@@H](C(=O)NCCc1cc(OC)c(OC)c(OC)c1)n1c2ccccc2c2cnn(C)c(=O)c21. The van der Waals surface area contributed by atoms with Gasteiger partial charge in [0.2, 0.25) is 11.7 Å². The molecule has 0 saturated heterocycles. The van der Waals surface area contributed by atoms with Crippen LogP contribution in [0.15, 0.2) is 47.4 Å². The van der Waals surface area contributed by atoms with E-state index in [-0.39, 0.29) is 11.5 Å². The van der Waals surface area contributed by atoms with Crippen LogP contribution < -0.4 is 25.1 Å². The summed E-state index contributed by atoms with van der Waals surface area (Å²) >= 11 is 0. The molecule has 4 rings (SSSR count). The lowest BCUT2D eigenvalue weighted by Crippen LogP contribution is -2.34. The molecule has 4 aromatic rings. The normalized spacial score (nSPS) is 12.0. The standard InChI is InChI=1S/C26H30N4O5/c1-6-19(25(31)27-12-11-16-13-21(33-3)24(35-5)22(14-16)34-4)30-20-10-8-7-9-17(20)18-15-28-29(2)26(32)23(18)30/h7-10,13-15,19H,6,11-12H2,1-5H3,(H,27,31)/t19-/m0/s1. The summed E-state index contributed by atoms with van der Waals surface area (Å²) < 4.78 is 19.4. The second kappa shape index (κ2) is 10.1. The number of rotatable bonds is 9. The molecule has 0 saturated carbocycles. The van der Waals surface area contributed by atoms with Gasteiger partial charge in [-0.3, -0.25) is 9.59 Å². The molecule has 0 radical (unpaired) electrons. The summed E-state index contributed by atoms with van der Waals surface area (Å²) in [5.74, 6) is 1.50. The average molecular weight is 479 g/mol. The summed E-state index contributed by atoms with van der Waals surface area (Å²) in [4.78, 5) is 26.4. The van der Waals surface area contributed by atoms with Gasteiger partial charge < -0.3 is 24.1 Å². The molecule has 2 aromatic heterocycles. The van der Waals surface area contributed by atoms with E-state index in [0.29, 0.717) is 42.2 Å². The van der Waals surface area contributed by atoms with E-state index < -0.39 is 6.04 Å². The summed E-state index contributed by atoms with van der Waals surface area (Å²) in [6.45, 7) is 2.35. The molecule has 35 heavy (non-hydrogen) atoms. The maximum Gasteiger partial charge on any atom is 0.291 e. The van der Waals surface area contributed by atoms with Gasteiger partial charge in [0, 0.05) is 24.4 Å². The first-order valence-electron chi connectivity index (χ1n) is 11.5. The quantitative estimate of drug-likeness (QED) is 0.397. The first kappa shape index (κ1) is 24.1. The number of carbonyl (C=O) groups is 1. The van der Waals surface area contributed by atoms with Crippen molar-refractivity contribution in [2.45, 2.75) is 25.8 Å². The molecule has 0 unspecified atom stereocenters. The van der Waals surface area contributed by atoms with Crippen molar-refractivity contribution >= 4 is 27.7 Å². The van der Waals surface area contributed by atoms with Gasteiger partial charge in [-0.05, 0) is 36.6 Å². The summed E-state index contributed by atoms with van der Waals surface area (Å²) in [6.07, 6.45) is 2.78. The molecule has 0 aliphatic carbocycles. The van der Waals surface area contributed by atoms with Crippen molar-refractivity contribution in [3.8, 4) is 17.2 Å². The molecule has 0 aliphatic heterocycles. The van der Waals surface area contributed by atoms with E-state index in [1.807, 2.05) is 47.9 Å². The summed E-state index contributed by atoms with van der Waals surface area (Å²) in [5, 5.41) is 8.87. The highest BCUT2D eigenvalue weighted by Crippen LogP contribution is 2.38. The number of amides is 1. The number of aromatic nitrogens is 3. The topological polar surface area (TPSA) is 96.6 Å². The van der Waals surface area contributed by atoms with E-state index in [1.165, 1.54) is 4.68 Å². The second-order valence-corrected chi connectivity index (χ2v) is 8.22. The van der Waals surface area contributed by atoms with Gasteiger partial charge >= 0.3 is 0 Å². The number of nitrogens with one attached hydrogen (secondary N) is 1. The Balaban J connectivity index is 1.62. The lowest BCUT2D eigenvalue weighted by Gasteiger charge is -2.19. The highest BCUT2D eigenvalue weighted by molar-refractivity contribution is 6.08. The van der Waals surface area contributed by atoms with Gasteiger partial charge in [-0.2, -0.15) is 5.10 Å². The smallest absolute Gasteiger partial charge is 0.291 e. The Bertz CT molecular complexity index is 1410. The molecule has 184 valence electrons. The monoisotopic (exact) mass is 478 g/mol. The molecule has 1 N–H and O–H groups in total. The van der Waals surface area contributed by atoms with Gasteiger partial charge in [-0.15, -0.1) is 0 Å². The van der Waals surface area contributed by atoms with Crippen LogP contribution in [0.25, 0.3) is 21.8 Å². The zero-order chi connectivity index (χ0) is 25.1. The van der Waals surface area contributed by atoms with Crippen LogP contribution in [-0.2, 0) is 18.3 Å². The van der Waals surface area contributed by atoms with Crippen molar-refractivity contribution < 1.29 is 19.0 Å². The van der Waals surface area contributed by atoms with Gasteiger partial charge in [0.15, 0.2) is 11.5 Å². The van der Waals surface area contributed by atoms with E-state index in [4.69, 9.17) is 14.2 Å². The number of ether oxygens (including phenoxy) is 3. The molecule has 1 amide bonds. The van der Waals surface area contributed by atoms with Crippen LogP contribution in [0.5, 0.6) is 17.2 Å². The van der Waals surface area contributed by atoms with Crippen molar-refractivity contribution in [1.29, 1.82) is 0 Å². The van der Waals surface area contributed by atoms with Gasteiger partial charge in [0.1, 0.15) is 11.6 Å². The fourth-order valence-electron chi connectivity index (χ4n) is 4.52. The van der Waals surface area contributed by atoms with E-state index in [0.717, 1.165) is 21.9 Å². The maximum absolute atomic E-state index is 13.4. The van der Waals surface area contributed by atoms with Gasteiger partial charge in [-0.25, -0.2) is 4.68 Å². The van der Waals surface area contributed by atoms with E-state index in [1.54, 1.807) is 34.6 Å². The molecule has 0 spiro atoms. The number of nitrogens with zero attached hydrogens (tertiary/aromatic N) is 3. The summed E-state index contributed by atoms with van der Waals surface area (Å²) in [5.41, 5.74) is 2.02. The predicted molar refractivity (Wildman–Crippen MR) is 135 cm³/mol. The largest absolute Gasteiger partial charge is 0.493 e. The Hall–Kier alpha value is -4.01. The number of para-hydroxylation sites is 1. The zero-order valence-corrected chi connectivity index (χ0v) is 20.6. The Labute approximate surface area is 203 Å². The molecule has 1 atom stereocenters. The summed E-state index contributed by atoms with van der Waals surface area (Å²) in [6, 6.07) is 10.9. The minimum atomic E-state index is -0.549. The molecular formula is C26H30N4O5. The zero-order valence-electron chi connectivity index (χ0n) is 20.6. The van der Waals surface area contributed by atoms with Gasteiger partial charge in [0.05, 0.1) is 33.0 Å². The molecule has 9 nitrogen and oxygen atoms in total. The van der Waals surface area contributed by atoms with Crippen LogP contribution in [0.1, 0.15) is 24.9 Å². The highest BCUT2D eigenvalue weighted by atomic mass is 16.5. The third kappa shape index (κ3) is 4.29. The van der Waals surface area contributed by atoms with E-state index >= 15 is 0 Å². The number of fused-ring (bicyclic) bond motifs is 3. The number of carbonyl (C=O) groups excluding carboxylic acids is 1. The van der Waals surface area contributed by atoms with Crippen LogP contribution in [0.4, 0.5) is 0 Å². The van der Waals surface area contributed by atoms with Crippen molar-refractivity contribution in [1.82, 2.24) is 19.7 Å². The number of hydrogen-bond donors (Lipinski definition) is 1. The molecular weight excluding hydrogens is 448 g/mol. The van der Waals surface area contributed by atoms with Gasteiger partial charge in [-0.1, -0.05) is 25.1 Å². The fourth-order valence-corrected chi connectivity index (χ4v) is 4.52. The van der Waals surface area contributed by atoms with E-state index in [2.05, 4.69) is 10.4 Å². The average Bonchev–Trinajstić information content (AvgIpc) is 3.21. The highest BCUT2D eigenvalue weighted by Gasteiger charge is 2.25. The maximum atomic E-state index is 13.4. The fraction of sp³-hybridized carbons (Fsp3) is 0.346. The van der Waals surface area contributed by atoms with Crippen LogP contribution in [0.3, 0.4) is 0 Å². The third-order valence-electron chi connectivity index (χ3n) is 6.24. The first-order valence-corrected chi connectivity index (χ1v) is 11.5. The third-order valence-corrected chi connectivity index (χ3v) is 6.24. The Morgan fingerprint density at radius 3 is 2.37 bits per heavy atom. The van der Waals surface area contributed by atoms with Crippen LogP contribution in [0, 0.1) is 0 Å². The lowest BCUT2D eigenvalue weighted by atomic mass is 10.1. The van der Waals surface area contributed by atoms with Crippen molar-refractivity contribution in [2.24, 2.45) is 7.05 Å². The Kier molecular flexibility index (Phi) is 6.95. The number of methoxy groups -OCH3 is 3. The van der Waals surface area contributed by atoms with Crippen molar-refractivity contribution in [3.63, 3.8) is 0 Å². The van der Waals surface area contributed by atoms with E-state index in [9.17, 15) is 9.59 Å². The molecule has 9 heteroatoms. The lowest BCUT2D eigenvalue weighted by molar-refractivity contribution is -0.124. The molecule has 0 fully saturated rings. The molecule has 0 bridgehead atoms. The number of benzene rings is 2. The molecule has 2 heterocycles. The van der Waals surface area contributed by atoms with Crippen molar-refractivity contribution in [2.75, 3.05) is 27.9 Å². The minimum absolute atomic E-state index is 0.151. The van der Waals surface area contributed by atoms with Crippen molar-refractivity contribution in [3.05, 3.63) is 58.5 Å². The number of aryl methyl sites for hydroxylation is 1.